The molecule has 1 aliphatic carbocycles. The van der Waals surface area contributed by atoms with Crippen LogP contribution >= 0.6 is 0 Å². The van der Waals surface area contributed by atoms with Gasteiger partial charge in [-0.05, 0) is 94.9 Å². The average molecular weight is 838 g/mol. The number of benzene rings is 10. The fourth-order valence-electron chi connectivity index (χ4n) is 10.3. The van der Waals surface area contributed by atoms with Crippen molar-refractivity contribution in [3.63, 3.8) is 0 Å². The molecular formula is C63H39N3. The number of hydrogen-bond acceptors (Lipinski definition) is 3. The van der Waals surface area contributed by atoms with Crippen molar-refractivity contribution in [3.05, 3.63) is 237 Å². The van der Waals surface area contributed by atoms with E-state index in [0.717, 1.165) is 55.7 Å². The van der Waals surface area contributed by atoms with Crippen molar-refractivity contribution in [2.75, 3.05) is 0 Å². The summed E-state index contributed by atoms with van der Waals surface area (Å²) < 4.78 is 0. The van der Waals surface area contributed by atoms with Crippen molar-refractivity contribution in [2.24, 2.45) is 0 Å². The quantitative estimate of drug-likeness (QED) is 0.160. The SMILES string of the molecule is c1ccc(-c2nc(-c3ccc(-c4ccc5c6c(cccc46)-c4c-5c(-c5ccccc5)c5ccccc5c4-c4ccccc4)cc3)cc(-c3ccc(-c4cccc5cccnc45)cc3)n2)cc1. The summed E-state index contributed by atoms with van der Waals surface area (Å²) in [6, 6.07) is 82.7. The molecule has 2 aromatic heterocycles. The number of para-hydroxylation sites is 1. The van der Waals surface area contributed by atoms with Gasteiger partial charge in [0.05, 0.1) is 16.9 Å². The van der Waals surface area contributed by atoms with E-state index < -0.39 is 0 Å². The summed E-state index contributed by atoms with van der Waals surface area (Å²) in [5, 5.41) is 6.20. The van der Waals surface area contributed by atoms with Crippen LogP contribution in [0.15, 0.2) is 237 Å². The highest BCUT2D eigenvalue weighted by atomic mass is 14.9. The first-order valence-electron chi connectivity index (χ1n) is 22.5. The topological polar surface area (TPSA) is 38.7 Å². The third kappa shape index (κ3) is 6.17. The van der Waals surface area contributed by atoms with Gasteiger partial charge in [0.15, 0.2) is 5.82 Å². The molecule has 10 aromatic carbocycles. The van der Waals surface area contributed by atoms with Crippen LogP contribution < -0.4 is 0 Å². The molecular weight excluding hydrogens is 799 g/mol. The summed E-state index contributed by atoms with van der Waals surface area (Å²) in [4.78, 5) is 15.0. The monoisotopic (exact) mass is 837 g/mol. The third-order valence-corrected chi connectivity index (χ3v) is 13.3. The molecule has 0 unspecified atom stereocenters. The molecule has 13 rings (SSSR count). The fourth-order valence-corrected chi connectivity index (χ4v) is 10.3. The van der Waals surface area contributed by atoms with Gasteiger partial charge in [-0.2, -0.15) is 0 Å². The van der Waals surface area contributed by atoms with Gasteiger partial charge in [-0.1, -0.05) is 218 Å². The zero-order valence-corrected chi connectivity index (χ0v) is 35.9. The van der Waals surface area contributed by atoms with Crippen LogP contribution in [-0.2, 0) is 0 Å². The first-order valence-corrected chi connectivity index (χ1v) is 22.5. The van der Waals surface area contributed by atoms with E-state index in [4.69, 9.17) is 15.0 Å². The molecule has 3 nitrogen and oxygen atoms in total. The second kappa shape index (κ2) is 15.5. The third-order valence-electron chi connectivity index (χ3n) is 13.3. The molecule has 0 aliphatic heterocycles. The van der Waals surface area contributed by atoms with Crippen LogP contribution in [0, 0.1) is 0 Å². The van der Waals surface area contributed by atoms with Crippen LogP contribution in [0.4, 0.5) is 0 Å². The second-order valence-corrected chi connectivity index (χ2v) is 17.0. The van der Waals surface area contributed by atoms with E-state index in [1.54, 1.807) is 0 Å². The molecule has 0 atom stereocenters. The predicted molar refractivity (Wildman–Crippen MR) is 275 cm³/mol. The minimum atomic E-state index is 0.694. The fraction of sp³-hybridized carbons (Fsp3) is 0. The maximum atomic E-state index is 5.18. The summed E-state index contributed by atoms with van der Waals surface area (Å²) >= 11 is 0. The van der Waals surface area contributed by atoms with Gasteiger partial charge >= 0.3 is 0 Å². The summed E-state index contributed by atoms with van der Waals surface area (Å²) in [5.74, 6) is 0.694. The van der Waals surface area contributed by atoms with Crippen molar-refractivity contribution >= 4 is 32.4 Å². The molecule has 66 heavy (non-hydrogen) atoms. The molecule has 3 heteroatoms. The molecule has 12 aromatic rings. The number of pyridine rings is 1. The molecule has 0 fully saturated rings. The Bertz CT molecular complexity index is 3730. The van der Waals surface area contributed by atoms with E-state index in [-0.39, 0.29) is 0 Å². The van der Waals surface area contributed by atoms with Crippen LogP contribution in [0.25, 0.3) is 133 Å². The molecule has 306 valence electrons. The van der Waals surface area contributed by atoms with E-state index >= 15 is 0 Å². The predicted octanol–water partition coefficient (Wildman–Crippen LogP) is 16.6. The number of nitrogens with zero attached hydrogens (tertiary/aromatic N) is 3. The Morgan fingerprint density at radius 3 is 1.33 bits per heavy atom. The molecule has 0 saturated carbocycles. The van der Waals surface area contributed by atoms with Crippen LogP contribution in [0.5, 0.6) is 0 Å². The average Bonchev–Trinajstić information content (AvgIpc) is 3.73. The van der Waals surface area contributed by atoms with Crippen molar-refractivity contribution in [1.82, 2.24) is 15.0 Å². The standard InChI is InChI=1S/C63H39N3/c1-4-15-44(16-5-1)57-51-23-10-11-24-52(51)58(45-17-6-2-7-18-45)61-54-37-36-48(50-26-13-27-53(59(50)54)60(57)61)40-28-32-42(33-29-40)55-39-56(66-63(65-55)47-19-8-3-9-20-47)43-34-30-41(31-35-43)49-25-12-21-46-22-14-38-64-62(46)49/h1-39H. The Kier molecular flexibility index (Phi) is 8.85. The number of aromatic nitrogens is 3. The van der Waals surface area contributed by atoms with E-state index in [1.807, 2.05) is 30.5 Å². The summed E-state index contributed by atoms with van der Waals surface area (Å²) in [6.45, 7) is 0. The van der Waals surface area contributed by atoms with E-state index in [1.165, 1.54) is 71.6 Å². The van der Waals surface area contributed by atoms with Crippen molar-refractivity contribution in [2.45, 2.75) is 0 Å². The van der Waals surface area contributed by atoms with Crippen molar-refractivity contribution in [1.29, 1.82) is 0 Å². The van der Waals surface area contributed by atoms with Gasteiger partial charge in [0, 0.05) is 33.8 Å². The molecule has 1 aliphatic rings. The van der Waals surface area contributed by atoms with Crippen molar-refractivity contribution in [3.8, 4) is 101 Å². The van der Waals surface area contributed by atoms with Crippen LogP contribution in [0.2, 0.25) is 0 Å². The van der Waals surface area contributed by atoms with E-state index in [9.17, 15) is 0 Å². The molecule has 2 heterocycles. The maximum absolute atomic E-state index is 5.18. The Morgan fingerprint density at radius 1 is 0.273 bits per heavy atom. The molecule has 0 spiro atoms. The van der Waals surface area contributed by atoms with Gasteiger partial charge in [-0.15, -0.1) is 0 Å². The highest BCUT2D eigenvalue weighted by Crippen LogP contribution is 2.58. The second-order valence-electron chi connectivity index (χ2n) is 17.0. The lowest BCUT2D eigenvalue weighted by atomic mass is 9.82. The summed E-state index contributed by atoms with van der Waals surface area (Å²) in [6.07, 6.45) is 1.86. The zero-order chi connectivity index (χ0) is 43.6. The number of hydrogen-bond donors (Lipinski definition) is 0. The minimum Gasteiger partial charge on any atom is -0.256 e. The van der Waals surface area contributed by atoms with Gasteiger partial charge < -0.3 is 0 Å². The lowest BCUT2D eigenvalue weighted by Crippen LogP contribution is -1.96. The van der Waals surface area contributed by atoms with Gasteiger partial charge in [0.25, 0.3) is 0 Å². The molecule has 0 saturated heterocycles. The van der Waals surface area contributed by atoms with E-state index in [2.05, 4.69) is 206 Å². The first kappa shape index (κ1) is 37.7. The van der Waals surface area contributed by atoms with Crippen LogP contribution in [0.3, 0.4) is 0 Å². The largest absolute Gasteiger partial charge is 0.256 e. The van der Waals surface area contributed by atoms with Crippen LogP contribution in [0.1, 0.15) is 0 Å². The van der Waals surface area contributed by atoms with Gasteiger partial charge in [0.1, 0.15) is 0 Å². The van der Waals surface area contributed by atoms with Gasteiger partial charge in [-0.3, -0.25) is 4.98 Å². The Morgan fingerprint density at radius 2 is 0.727 bits per heavy atom. The highest BCUT2D eigenvalue weighted by molar-refractivity contribution is 6.28. The van der Waals surface area contributed by atoms with Gasteiger partial charge in [-0.25, -0.2) is 9.97 Å². The minimum absolute atomic E-state index is 0.694. The first-order chi connectivity index (χ1) is 32.7. The Labute approximate surface area is 383 Å². The lowest BCUT2D eigenvalue weighted by molar-refractivity contribution is 1.18. The molecule has 0 radical (unpaired) electrons. The van der Waals surface area contributed by atoms with Crippen LogP contribution in [-0.4, -0.2) is 15.0 Å². The smallest absolute Gasteiger partial charge is 0.160 e. The zero-order valence-electron chi connectivity index (χ0n) is 35.9. The molecule has 0 N–H and O–H groups in total. The maximum Gasteiger partial charge on any atom is 0.160 e. The molecule has 0 amide bonds. The normalized spacial score (nSPS) is 11.6. The number of fused-ring (bicyclic) bond motifs is 5. The highest BCUT2D eigenvalue weighted by Gasteiger charge is 2.31. The summed E-state index contributed by atoms with van der Waals surface area (Å²) in [5.41, 5.74) is 20.6. The van der Waals surface area contributed by atoms with Gasteiger partial charge in [0.2, 0.25) is 0 Å². The Balaban J connectivity index is 0.927. The summed E-state index contributed by atoms with van der Waals surface area (Å²) in [7, 11) is 0. The lowest BCUT2D eigenvalue weighted by Gasteiger charge is -2.20. The van der Waals surface area contributed by atoms with Crippen molar-refractivity contribution < 1.29 is 0 Å². The van der Waals surface area contributed by atoms with E-state index in [0.29, 0.717) is 5.82 Å². The molecule has 0 bridgehead atoms. The Hall–Kier alpha value is -8.79. The number of rotatable bonds is 7.